The predicted molar refractivity (Wildman–Crippen MR) is 79.7 cm³/mol. The maximum Gasteiger partial charge on any atom is 0.00439 e. The predicted octanol–water partition coefficient (Wildman–Crippen LogP) is 5.20. The molecule has 0 N–H and O–H groups in total. The van der Waals surface area contributed by atoms with Crippen LogP contribution in [0.25, 0.3) is 0 Å². The van der Waals surface area contributed by atoms with Gasteiger partial charge in [-0.3, -0.25) is 0 Å². The maximum atomic E-state index is 2.43. The first-order valence-corrected chi connectivity index (χ1v) is 6.98. The third-order valence-electron chi connectivity index (χ3n) is 5.62. The summed E-state index contributed by atoms with van der Waals surface area (Å²) in [4.78, 5) is 0. The van der Waals surface area contributed by atoms with Crippen LogP contribution in [0.15, 0.2) is 42.5 Å². The minimum atomic E-state index is 0.173. The summed E-state index contributed by atoms with van der Waals surface area (Å²) >= 11 is 0. The largest absolute Gasteiger partial charge is 0.0820 e. The summed E-state index contributed by atoms with van der Waals surface area (Å²) in [5.74, 6) is 0.604. The molecule has 18 heavy (non-hydrogen) atoms. The van der Waals surface area contributed by atoms with Gasteiger partial charge in [0.1, 0.15) is 0 Å². The molecule has 0 spiro atoms. The smallest absolute Gasteiger partial charge is 0.00439 e. The molecular weight excluding hydrogens is 216 g/mol. The second-order valence-corrected chi connectivity index (χ2v) is 7.17. The Morgan fingerprint density at radius 3 is 1.94 bits per heavy atom. The van der Waals surface area contributed by atoms with Crippen LogP contribution >= 0.6 is 0 Å². The average Bonchev–Trinajstić information content (AvgIpc) is 2.34. The van der Waals surface area contributed by atoms with Crippen LogP contribution in [-0.4, -0.2) is 0 Å². The molecule has 0 saturated carbocycles. The SMILES string of the molecule is CC1C(C)(C)C=CC(C)(C)C1(C)c1ccccc1. The van der Waals surface area contributed by atoms with Gasteiger partial charge in [0.25, 0.3) is 0 Å². The third kappa shape index (κ3) is 1.74. The van der Waals surface area contributed by atoms with Gasteiger partial charge in [-0.05, 0) is 22.3 Å². The summed E-state index contributed by atoms with van der Waals surface area (Å²) in [7, 11) is 0. The molecule has 0 heterocycles. The lowest BCUT2D eigenvalue weighted by Gasteiger charge is -2.55. The van der Waals surface area contributed by atoms with Crippen molar-refractivity contribution in [3.8, 4) is 0 Å². The van der Waals surface area contributed by atoms with E-state index in [4.69, 9.17) is 0 Å². The van der Waals surface area contributed by atoms with Gasteiger partial charge in [0.2, 0.25) is 0 Å². The number of hydrogen-bond donors (Lipinski definition) is 0. The molecule has 0 aromatic heterocycles. The fourth-order valence-corrected chi connectivity index (χ4v) is 3.45. The molecule has 0 fully saturated rings. The standard InChI is InChI=1S/C18H26/c1-14-16(2,3)12-13-17(4,5)18(14,6)15-10-8-7-9-11-15/h7-14H,1-6H3. The van der Waals surface area contributed by atoms with E-state index in [1.165, 1.54) is 5.56 Å². The van der Waals surface area contributed by atoms with Gasteiger partial charge in [-0.1, -0.05) is 84.0 Å². The van der Waals surface area contributed by atoms with E-state index in [0.29, 0.717) is 5.92 Å². The van der Waals surface area contributed by atoms with Crippen molar-refractivity contribution < 1.29 is 0 Å². The van der Waals surface area contributed by atoms with Crippen LogP contribution in [-0.2, 0) is 5.41 Å². The van der Waals surface area contributed by atoms with Crippen molar-refractivity contribution in [3.05, 3.63) is 48.0 Å². The quantitative estimate of drug-likeness (QED) is 0.594. The number of hydrogen-bond acceptors (Lipinski definition) is 0. The second-order valence-electron chi connectivity index (χ2n) is 7.17. The number of allylic oxidation sites excluding steroid dienone is 2. The Kier molecular flexibility index (Phi) is 2.96. The fraction of sp³-hybridized carbons (Fsp3) is 0.556. The molecule has 98 valence electrons. The van der Waals surface area contributed by atoms with Gasteiger partial charge >= 0.3 is 0 Å². The minimum absolute atomic E-state index is 0.173. The van der Waals surface area contributed by atoms with Gasteiger partial charge in [-0.2, -0.15) is 0 Å². The molecule has 2 rings (SSSR count). The summed E-state index contributed by atoms with van der Waals surface area (Å²) in [5, 5.41) is 0. The third-order valence-corrected chi connectivity index (χ3v) is 5.62. The van der Waals surface area contributed by atoms with Gasteiger partial charge in [0.15, 0.2) is 0 Å². The van der Waals surface area contributed by atoms with Gasteiger partial charge in [-0.25, -0.2) is 0 Å². The zero-order chi connectivity index (χ0) is 13.6. The Labute approximate surface area is 112 Å². The summed E-state index contributed by atoms with van der Waals surface area (Å²) < 4.78 is 0. The second kappa shape index (κ2) is 3.98. The molecule has 0 aliphatic heterocycles. The Morgan fingerprint density at radius 2 is 1.39 bits per heavy atom. The normalized spacial score (nSPS) is 33.3. The summed E-state index contributed by atoms with van der Waals surface area (Å²) in [6, 6.07) is 11.0. The van der Waals surface area contributed by atoms with Gasteiger partial charge in [0.05, 0.1) is 0 Å². The van der Waals surface area contributed by atoms with E-state index >= 15 is 0 Å². The zero-order valence-electron chi connectivity index (χ0n) is 12.6. The molecule has 0 radical (unpaired) electrons. The number of benzene rings is 1. The van der Waals surface area contributed by atoms with E-state index in [1.54, 1.807) is 0 Å². The summed E-state index contributed by atoms with van der Waals surface area (Å²) in [6.07, 6.45) is 4.82. The van der Waals surface area contributed by atoms with Crippen LogP contribution in [0.3, 0.4) is 0 Å². The molecule has 1 aromatic rings. The highest BCUT2D eigenvalue weighted by molar-refractivity contribution is 5.34. The minimum Gasteiger partial charge on any atom is -0.0820 e. The Balaban J connectivity index is 2.63. The van der Waals surface area contributed by atoms with E-state index in [-0.39, 0.29) is 16.2 Å². The molecule has 1 aromatic carbocycles. The van der Waals surface area contributed by atoms with Gasteiger partial charge < -0.3 is 0 Å². The van der Waals surface area contributed by atoms with E-state index < -0.39 is 0 Å². The fourth-order valence-electron chi connectivity index (χ4n) is 3.45. The van der Waals surface area contributed by atoms with E-state index in [1.807, 2.05) is 0 Å². The maximum absolute atomic E-state index is 2.43. The molecule has 0 saturated heterocycles. The van der Waals surface area contributed by atoms with Crippen LogP contribution in [0.5, 0.6) is 0 Å². The van der Waals surface area contributed by atoms with Crippen LogP contribution < -0.4 is 0 Å². The molecule has 0 nitrogen and oxygen atoms in total. The lowest BCUT2D eigenvalue weighted by Crippen LogP contribution is -2.51. The Morgan fingerprint density at radius 1 is 0.833 bits per heavy atom. The first kappa shape index (κ1) is 13.4. The van der Waals surface area contributed by atoms with Crippen molar-refractivity contribution in [1.29, 1.82) is 0 Å². The molecule has 2 unspecified atom stereocenters. The van der Waals surface area contributed by atoms with Crippen molar-refractivity contribution in [1.82, 2.24) is 0 Å². The highest BCUT2D eigenvalue weighted by atomic mass is 14.5. The molecule has 0 heteroatoms. The summed E-state index contributed by atoms with van der Waals surface area (Å²) in [5.41, 5.74) is 2.07. The molecule has 0 bridgehead atoms. The van der Waals surface area contributed by atoms with E-state index in [9.17, 15) is 0 Å². The molecule has 0 amide bonds. The molecular formula is C18H26. The van der Waals surface area contributed by atoms with Gasteiger partial charge in [0, 0.05) is 5.41 Å². The first-order valence-electron chi connectivity index (χ1n) is 6.98. The van der Waals surface area contributed by atoms with Crippen LogP contribution in [0.2, 0.25) is 0 Å². The Bertz CT molecular complexity index is 450. The van der Waals surface area contributed by atoms with E-state index in [0.717, 1.165) is 0 Å². The molecule has 1 aliphatic carbocycles. The first-order chi connectivity index (χ1) is 8.22. The van der Waals surface area contributed by atoms with Gasteiger partial charge in [-0.15, -0.1) is 0 Å². The zero-order valence-corrected chi connectivity index (χ0v) is 12.6. The van der Waals surface area contributed by atoms with Crippen molar-refractivity contribution in [2.24, 2.45) is 16.7 Å². The van der Waals surface area contributed by atoms with Crippen molar-refractivity contribution in [2.45, 2.75) is 47.0 Å². The Hall–Kier alpha value is -1.04. The topological polar surface area (TPSA) is 0 Å². The lowest BCUT2D eigenvalue weighted by atomic mass is 9.48. The highest BCUT2D eigenvalue weighted by Crippen LogP contribution is 2.57. The highest BCUT2D eigenvalue weighted by Gasteiger charge is 2.51. The van der Waals surface area contributed by atoms with E-state index in [2.05, 4.69) is 84.0 Å². The monoisotopic (exact) mass is 242 g/mol. The van der Waals surface area contributed by atoms with Crippen molar-refractivity contribution >= 4 is 0 Å². The molecule has 1 aliphatic rings. The lowest BCUT2D eigenvalue weighted by molar-refractivity contribution is 0.0723. The van der Waals surface area contributed by atoms with Crippen LogP contribution in [0.4, 0.5) is 0 Å². The average molecular weight is 242 g/mol. The van der Waals surface area contributed by atoms with Crippen molar-refractivity contribution in [3.63, 3.8) is 0 Å². The summed E-state index contributed by atoms with van der Waals surface area (Å²) in [6.45, 7) is 14.3. The van der Waals surface area contributed by atoms with Crippen molar-refractivity contribution in [2.75, 3.05) is 0 Å². The number of rotatable bonds is 1. The van der Waals surface area contributed by atoms with Crippen LogP contribution in [0, 0.1) is 16.7 Å². The molecule has 2 atom stereocenters. The van der Waals surface area contributed by atoms with Crippen LogP contribution in [0.1, 0.15) is 47.1 Å².